The second-order valence-electron chi connectivity index (χ2n) is 4.61. The zero-order valence-corrected chi connectivity index (χ0v) is 10.8. The third-order valence-electron chi connectivity index (χ3n) is 2.71. The van der Waals surface area contributed by atoms with Gasteiger partial charge < -0.3 is 15.2 Å². The van der Waals surface area contributed by atoms with Crippen molar-refractivity contribution in [1.82, 2.24) is 5.32 Å². The SMILES string of the molecule is CC(C)NC[C@@H](O)Oc1cccc2ccccc12. The van der Waals surface area contributed by atoms with E-state index >= 15 is 0 Å². The maximum absolute atomic E-state index is 9.83. The van der Waals surface area contributed by atoms with E-state index in [0.29, 0.717) is 18.3 Å². The van der Waals surface area contributed by atoms with Crippen molar-refractivity contribution >= 4 is 10.8 Å². The molecule has 3 nitrogen and oxygen atoms in total. The van der Waals surface area contributed by atoms with E-state index in [4.69, 9.17) is 4.74 Å². The molecule has 0 fully saturated rings. The highest BCUT2D eigenvalue weighted by molar-refractivity contribution is 5.88. The summed E-state index contributed by atoms with van der Waals surface area (Å²) in [4.78, 5) is 0. The van der Waals surface area contributed by atoms with Gasteiger partial charge >= 0.3 is 0 Å². The third-order valence-corrected chi connectivity index (χ3v) is 2.71. The van der Waals surface area contributed by atoms with E-state index in [2.05, 4.69) is 5.32 Å². The first-order chi connectivity index (χ1) is 8.66. The Hall–Kier alpha value is -1.58. The molecular formula is C15H19NO2. The zero-order valence-electron chi connectivity index (χ0n) is 10.8. The highest BCUT2D eigenvalue weighted by atomic mass is 16.6. The molecular weight excluding hydrogens is 226 g/mol. The van der Waals surface area contributed by atoms with Crippen LogP contribution >= 0.6 is 0 Å². The largest absolute Gasteiger partial charge is 0.463 e. The number of aliphatic hydroxyl groups is 1. The Bertz CT molecular complexity index is 505. The number of aliphatic hydroxyl groups excluding tert-OH is 1. The molecule has 2 N–H and O–H groups in total. The van der Waals surface area contributed by atoms with Crippen molar-refractivity contribution in [3.63, 3.8) is 0 Å². The molecule has 2 aromatic rings. The normalized spacial score (nSPS) is 12.9. The molecule has 0 bridgehead atoms. The molecule has 0 spiro atoms. The molecule has 0 aliphatic heterocycles. The van der Waals surface area contributed by atoms with E-state index in [1.165, 1.54) is 0 Å². The molecule has 18 heavy (non-hydrogen) atoms. The van der Waals surface area contributed by atoms with Crippen LogP contribution in [0.3, 0.4) is 0 Å². The van der Waals surface area contributed by atoms with Crippen molar-refractivity contribution in [2.75, 3.05) is 6.54 Å². The summed E-state index contributed by atoms with van der Waals surface area (Å²) >= 11 is 0. The van der Waals surface area contributed by atoms with Crippen molar-refractivity contribution < 1.29 is 9.84 Å². The summed E-state index contributed by atoms with van der Waals surface area (Å²) in [6.45, 7) is 4.48. The Morgan fingerprint density at radius 2 is 1.83 bits per heavy atom. The predicted octanol–water partition coefficient (Wildman–Crippen LogP) is 2.54. The monoisotopic (exact) mass is 245 g/mol. The summed E-state index contributed by atoms with van der Waals surface area (Å²) in [6.07, 6.45) is -0.835. The summed E-state index contributed by atoms with van der Waals surface area (Å²) in [5.41, 5.74) is 0. The Labute approximate surface area is 107 Å². The van der Waals surface area contributed by atoms with Gasteiger partial charge in [0, 0.05) is 11.4 Å². The van der Waals surface area contributed by atoms with Crippen LogP contribution in [-0.4, -0.2) is 24.0 Å². The van der Waals surface area contributed by atoms with Crippen LogP contribution in [0.4, 0.5) is 0 Å². The molecule has 0 saturated carbocycles. The number of benzene rings is 2. The van der Waals surface area contributed by atoms with Gasteiger partial charge in [-0.1, -0.05) is 50.2 Å². The first-order valence-electron chi connectivity index (χ1n) is 6.22. The van der Waals surface area contributed by atoms with Crippen LogP contribution in [0.15, 0.2) is 42.5 Å². The lowest BCUT2D eigenvalue weighted by atomic mass is 10.1. The van der Waals surface area contributed by atoms with Gasteiger partial charge in [0.05, 0.1) is 6.54 Å². The van der Waals surface area contributed by atoms with Crippen LogP contribution in [0, 0.1) is 0 Å². The van der Waals surface area contributed by atoms with Gasteiger partial charge in [-0.3, -0.25) is 0 Å². The summed E-state index contributed by atoms with van der Waals surface area (Å²) < 4.78 is 5.57. The molecule has 0 unspecified atom stereocenters. The van der Waals surface area contributed by atoms with Crippen LogP contribution in [-0.2, 0) is 0 Å². The van der Waals surface area contributed by atoms with Crippen LogP contribution in [0.1, 0.15) is 13.8 Å². The average molecular weight is 245 g/mol. The number of rotatable bonds is 5. The molecule has 0 aliphatic rings. The zero-order chi connectivity index (χ0) is 13.0. The van der Waals surface area contributed by atoms with E-state index in [-0.39, 0.29) is 0 Å². The Morgan fingerprint density at radius 1 is 1.11 bits per heavy atom. The third kappa shape index (κ3) is 3.22. The van der Waals surface area contributed by atoms with E-state index in [9.17, 15) is 5.11 Å². The number of ether oxygens (including phenoxy) is 1. The summed E-state index contributed by atoms with van der Waals surface area (Å²) in [7, 11) is 0. The lowest BCUT2D eigenvalue weighted by Gasteiger charge is -2.17. The Kier molecular flexibility index (Phi) is 4.18. The number of fused-ring (bicyclic) bond motifs is 1. The molecule has 0 heterocycles. The first-order valence-corrected chi connectivity index (χ1v) is 6.22. The fraction of sp³-hybridized carbons (Fsp3) is 0.333. The minimum Gasteiger partial charge on any atom is -0.463 e. The van der Waals surface area contributed by atoms with E-state index in [1.807, 2.05) is 56.3 Å². The van der Waals surface area contributed by atoms with E-state index < -0.39 is 6.29 Å². The van der Waals surface area contributed by atoms with Gasteiger partial charge in [0.15, 0.2) is 0 Å². The molecule has 3 heteroatoms. The minimum absolute atomic E-state index is 0.329. The van der Waals surface area contributed by atoms with Crippen molar-refractivity contribution in [2.45, 2.75) is 26.2 Å². The molecule has 0 aromatic heterocycles. The second kappa shape index (κ2) is 5.85. The van der Waals surface area contributed by atoms with E-state index in [1.54, 1.807) is 0 Å². The lowest BCUT2D eigenvalue weighted by Crippen LogP contribution is -2.35. The quantitative estimate of drug-likeness (QED) is 0.795. The van der Waals surface area contributed by atoms with Crippen molar-refractivity contribution in [3.8, 4) is 5.75 Å². The highest BCUT2D eigenvalue weighted by Crippen LogP contribution is 2.25. The first kappa shape index (κ1) is 12.9. The minimum atomic E-state index is -0.835. The van der Waals surface area contributed by atoms with Crippen LogP contribution in [0.5, 0.6) is 5.75 Å². The smallest absolute Gasteiger partial charge is 0.210 e. The van der Waals surface area contributed by atoms with Gasteiger partial charge in [0.25, 0.3) is 0 Å². The molecule has 1 atom stereocenters. The molecule has 96 valence electrons. The van der Waals surface area contributed by atoms with Crippen LogP contribution in [0.25, 0.3) is 10.8 Å². The van der Waals surface area contributed by atoms with Gasteiger partial charge in [-0.05, 0) is 11.5 Å². The molecule has 2 aromatic carbocycles. The molecule has 0 radical (unpaired) electrons. The second-order valence-corrected chi connectivity index (χ2v) is 4.61. The van der Waals surface area contributed by atoms with Crippen molar-refractivity contribution in [2.24, 2.45) is 0 Å². The van der Waals surface area contributed by atoms with Gasteiger partial charge in [0.1, 0.15) is 5.75 Å². The summed E-state index contributed by atoms with van der Waals surface area (Å²) in [6, 6.07) is 14.1. The number of hydrogen-bond donors (Lipinski definition) is 2. The highest BCUT2D eigenvalue weighted by Gasteiger charge is 2.08. The number of hydrogen-bond acceptors (Lipinski definition) is 3. The maximum Gasteiger partial charge on any atom is 0.210 e. The lowest BCUT2D eigenvalue weighted by molar-refractivity contribution is -0.0153. The van der Waals surface area contributed by atoms with Gasteiger partial charge in [0.2, 0.25) is 6.29 Å². The number of nitrogens with one attached hydrogen (secondary N) is 1. The molecule has 2 rings (SSSR count). The average Bonchev–Trinajstić information content (AvgIpc) is 2.37. The van der Waals surface area contributed by atoms with Crippen LogP contribution in [0.2, 0.25) is 0 Å². The summed E-state index contributed by atoms with van der Waals surface area (Å²) in [5.74, 6) is 0.714. The topological polar surface area (TPSA) is 41.5 Å². The van der Waals surface area contributed by atoms with Crippen molar-refractivity contribution in [1.29, 1.82) is 0 Å². The van der Waals surface area contributed by atoms with Crippen LogP contribution < -0.4 is 10.1 Å². The Balaban J connectivity index is 2.11. The molecule has 0 amide bonds. The van der Waals surface area contributed by atoms with Gasteiger partial charge in [-0.25, -0.2) is 0 Å². The predicted molar refractivity (Wildman–Crippen MR) is 73.7 cm³/mol. The van der Waals surface area contributed by atoms with E-state index in [0.717, 1.165) is 10.8 Å². The fourth-order valence-electron chi connectivity index (χ4n) is 1.82. The van der Waals surface area contributed by atoms with Crippen molar-refractivity contribution in [3.05, 3.63) is 42.5 Å². The van der Waals surface area contributed by atoms with Gasteiger partial charge in [-0.15, -0.1) is 0 Å². The maximum atomic E-state index is 9.83. The molecule has 0 aliphatic carbocycles. The standard InChI is InChI=1S/C15H19NO2/c1-11(2)16-10-15(17)18-14-9-5-7-12-6-3-4-8-13(12)14/h3-9,11,15-17H,10H2,1-2H3/t15-/m0/s1. The molecule has 0 saturated heterocycles. The summed E-state index contributed by atoms with van der Waals surface area (Å²) in [5, 5.41) is 15.1. The fourth-order valence-corrected chi connectivity index (χ4v) is 1.82. The Morgan fingerprint density at radius 3 is 2.61 bits per heavy atom. The van der Waals surface area contributed by atoms with Gasteiger partial charge in [-0.2, -0.15) is 0 Å².